The summed E-state index contributed by atoms with van der Waals surface area (Å²) in [4.78, 5) is 12.7. The highest BCUT2D eigenvalue weighted by Crippen LogP contribution is 2.26. The van der Waals surface area contributed by atoms with E-state index in [-0.39, 0.29) is 5.91 Å². The molecule has 0 saturated carbocycles. The monoisotopic (exact) mass is 514 g/mol. The molecule has 34 heavy (non-hydrogen) atoms. The van der Waals surface area contributed by atoms with Crippen LogP contribution >= 0.6 is 15.9 Å². The Balaban J connectivity index is 1.34. The zero-order valence-corrected chi connectivity index (χ0v) is 19.9. The third-order valence-corrected chi connectivity index (χ3v) is 5.56. The number of nitrogens with zero attached hydrogens (tertiary/aromatic N) is 1. The van der Waals surface area contributed by atoms with Crippen LogP contribution in [-0.4, -0.2) is 12.1 Å². The SMILES string of the molecule is O=C(N/N=C/c1ccc(OCc2ccccc2)c(Br)c1)c1ccccc1OCc1ccccc1. The van der Waals surface area contributed by atoms with E-state index in [1.165, 1.54) is 0 Å². The largest absolute Gasteiger partial charge is 0.488 e. The number of hydrazone groups is 1. The molecular weight excluding hydrogens is 492 g/mol. The summed E-state index contributed by atoms with van der Waals surface area (Å²) < 4.78 is 12.5. The number of nitrogens with one attached hydrogen (secondary N) is 1. The standard InChI is InChI=1S/C28H23BrN2O3/c29-25-17-23(15-16-27(25)34-20-22-11-5-2-6-12-22)18-30-31-28(32)24-13-7-8-14-26(24)33-19-21-9-3-1-4-10-21/h1-18H,19-20H2,(H,31,32)/b30-18+. The van der Waals surface area contributed by atoms with Crippen molar-refractivity contribution in [2.24, 2.45) is 5.10 Å². The fraction of sp³-hybridized carbons (Fsp3) is 0.0714. The maximum atomic E-state index is 12.7. The zero-order chi connectivity index (χ0) is 23.6. The fourth-order valence-electron chi connectivity index (χ4n) is 3.19. The van der Waals surface area contributed by atoms with Crippen LogP contribution in [0.5, 0.6) is 11.5 Å². The Morgan fingerprint density at radius 1 is 0.765 bits per heavy atom. The van der Waals surface area contributed by atoms with Crippen LogP contribution in [0.3, 0.4) is 0 Å². The number of rotatable bonds is 9. The first kappa shape index (κ1) is 23.3. The van der Waals surface area contributed by atoms with Gasteiger partial charge in [0.15, 0.2) is 0 Å². The summed E-state index contributed by atoms with van der Waals surface area (Å²) >= 11 is 3.53. The van der Waals surface area contributed by atoms with E-state index in [1.807, 2.05) is 84.9 Å². The van der Waals surface area contributed by atoms with Crippen LogP contribution in [0.2, 0.25) is 0 Å². The number of ether oxygens (including phenoxy) is 2. The summed E-state index contributed by atoms with van der Waals surface area (Å²) in [6, 6.07) is 32.5. The van der Waals surface area contributed by atoms with Gasteiger partial charge in [-0.2, -0.15) is 5.10 Å². The molecule has 0 atom stereocenters. The summed E-state index contributed by atoms with van der Waals surface area (Å²) in [5.74, 6) is 0.887. The van der Waals surface area contributed by atoms with E-state index in [1.54, 1.807) is 24.4 Å². The molecule has 0 aliphatic heterocycles. The number of carbonyl (C=O) groups excluding carboxylic acids is 1. The van der Waals surface area contributed by atoms with E-state index >= 15 is 0 Å². The van der Waals surface area contributed by atoms with Crippen molar-refractivity contribution < 1.29 is 14.3 Å². The molecule has 0 spiro atoms. The third kappa shape index (κ3) is 6.56. The number of benzene rings is 4. The second kappa shape index (κ2) is 11.8. The summed E-state index contributed by atoms with van der Waals surface area (Å²) in [5, 5.41) is 4.10. The van der Waals surface area contributed by atoms with Gasteiger partial charge in [0.1, 0.15) is 24.7 Å². The van der Waals surface area contributed by atoms with E-state index in [4.69, 9.17) is 9.47 Å². The minimum atomic E-state index is -0.346. The van der Waals surface area contributed by atoms with Gasteiger partial charge in [0.25, 0.3) is 5.91 Å². The predicted octanol–water partition coefficient (Wildman–Crippen LogP) is 6.37. The van der Waals surface area contributed by atoms with Crippen molar-refractivity contribution in [2.45, 2.75) is 13.2 Å². The second-order valence-electron chi connectivity index (χ2n) is 7.43. The first-order valence-electron chi connectivity index (χ1n) is 10.7. The van der Waals surface area contributed by atoms with Crippen LogP contribution in [0.15, 0.2) is 113 Å². The molecule has 4 aromatic carbocycles. The number of halogens is 1. The third-order valence-electron chi connectivity index (χ3n) is 4.94. The lowest BCUT2D eigenvalue weighted by atomic mass is 10.2. The average molecular weight is 515 g/mol. The molecule has 4 rings (SSSR count). The molecule has 0 heterocycles. The number of hydrogen-bond donors (Lipinski definition) is 1. The van der Waals surface area contributed by atoms with Gasteiger partial charge in [-0.15, -0.1) is 0 Å². The van der Waals surface area contributed by atoms with E-state index in [9.17, 15) is 4.79 Å². The second-order valence-corrected chi connectivity index (χ2v) is 8.29. The first-order chi connectivity index (χ1) is 16.7. The van der Waals surface area contributed by atoms with E-state index < -0.39 is 0 Å². The molecule has 170 valence electrons. The fourth-order valence-corrected chi connectivity index (χ4v) is 3.70. The molecule has 0 bridgehead atoms. The van der Waals surface area contributed by atoms with Crippen molar-refractivity contribution in [1.29, 1.82) is 0 Å². The van der Waals surface area contributed by atoms with Crippen molar-refractivity contribution in [3.8, 4) is 11.5 Å². The quantitative estimate of drug-likeness (QED) is 0.208. The van der Waals surface area contributed by atoms with E-state index in [2.05, 4.69) is 26.5 Å². The first-order valence-corrected chi connectivity index (χ1v) is 11.5. The minimum absolute atomic E-state index is 0.346. The molecule has 1 N–H and O–H groups in total. The van der Waals surface area contributed by atoms with Gasteiger partial charge in [-0.25, -0.2) is 5.43 Å². The lowest BCUT2D eigenvalue weighted by Crippen LogP contribution is -2.18. The van der Waals surface area contributed by atoms with Gasteiger partial charge >= 0.3 is 0 Å². The summed E-state index contributed by atoms with van der Waals surface area (Å²) in [6.45, 7) is 0.857. The van der Waals surface area contributed by atoms with Gasteiger partial charge in [0.05, 0.1) is 16.3 Å². The minimum Gasteiger partial charge on any atom is -0.488 e. The normalized spacial score (nSPS) is 10.7. The van der Waals surface area contributed by atoms with E-state index in [0.717, 1.165) is 26.9 Å². The lowest BCUT2D eigenvalue weighted by Gasteiger charge is -2.10. The van der Waals surface area contributed by atoms with Crippen molar-refractivity contribution in [3.63, 3.8) is 0 Å². The number of carbonyl (C=O) groups is 1. The van der Waals surface area contributed by atoms with Gasteiger partial charge < -0.3 is 9.47 Å². The molecule has 0 radical (unpaired) electrons. The summed E-state index contributed by atoms with van der Waals surface area (Å²) in [7, 11) is 0. The molecule has 0 saturated heterocycles. The van der Waals surface area contributed by atoms with Crippen LogP contribution < -0.4 is 14.9 Å². The molecule has 0 unspecified atom stereocenters. The van der Waals surface area contributed by atoms with Crippen molar-refractivity contribution in [2.75, 3.05) is 0 Å². The molecule has 0 aliphatic rings. The number of hydrogen-bond acceptors (Lipinski definition) is 4. The van der Waals surface area contributed by atoms with E-state index in [0.29, 0.717) is 24.5 Å². The number of para-hydroxylation sites is 1. The van der Waals surface area contributed by atoms with Crippen LogP contribution in [0.25, 0.3) is 0 Å². The molecule has 0 aromatic heterocycles. The van der Waals surface area contributed by atoms with Gasteiger partial charge in [0.2, 0.25) is 0 Å². The Morgan fingerprint density at radius 3 is 2.00 bits per heavy atom. The van der Waals surface area contributed by atoms with Gasteiger partial charge in [-0.3, -0.25) is 4.79 Å². The molecule has 1 amide bonds. The maximum absolute atomic E-state index is 12.7. The maximum Gasteiger partial charge on any atom is 0.275 e. The summed E-state index contributed by atoms with van der Waals surface area (Å²) in [6.07, 6.45) is 1.58. The Bertz CT molecular complexity index is 1260. The average Bonchev–Trinajstić information content (AvgIpc) is 2.88. The smallest absolute Gasteiger partial charge is 0.275 e. The number of amides is 1. The molecule has 4 aromatic rings. The molecule has 0 aliphatic carbocycles. The Labute approximate surface area is 207 Å². The van der Waals surface area contributed by atoms with Crippen molar-refractivity contribution >= 4 is 28.1 Å². The topological polar surface area (TPSA) is 59.9 Å². The van der Waals surface area contributed by atoms with Crippen LogP contribution in [0, 0.1) is 0 Å². The highest BCUT2D eigenvalue weighted by molar-refractivity contribution is 9.10. The highest BCUT2D eigenvalue weighted by atomic mass is 79.9. The van der Waals surface area contributed by atoms with Crippen LogP contribution in [0.4, 0.5) is 0 Å². The molecule has 5 nitrogen and oxygen atoms in total. The highest BCUT2D eigenvalue weighted by Gasteiger charge is 2.11. The summed E-state index contributed by atoms with van der Waals surface area (Å²) in [5.41, 5.74) is 5.92. The van der Waals surface area contributed by atoms with Gasteiger partial charge in [-0.05, 0) is 63.0 Å². The van der Waals surface area contributed by atoms with Crippen molar-refractivity contribution in [3.05, 3.63) is 130 Å². The Hall–Kier alpha value is -3.90. The molecule has 6 heteroatoms. The van der Waals surface area contributed by atoms with Gasteiger partial charge in [-0.1, -0.05) is 72.8 Å². The zero-order valence-electron chi connectivity index (χ0n) is 18.4. The van der Waals surface area contributed by atoms with Crippen LogP contribution in [-0.2, 0) is 13.2 Å². The van der Waals surface area contributed by atoms with Gasteiger partial charge in [0, 0.05) is 0 Å². The molecule has 0 fully saturated rings. The molecular formula is C28H23BrN2O3. The van der Waals surface area contributed by atoms with Crippen LogP contribution in [0.1, 0.15) is 27.0 Å². The lowest BCUT2D eigenvalue weighted by molar-refractivity contribution is 0.0950. The predicted molar refractivity (Wildman–Crippen MR) is 137 cm³/mol. The Morgan fingerprint density at radius 2 is 1.35 bits per heavy atom. The van der Waals surface area contributed by atoms with Crippen molar-refractivity contribution in [1.82, 2.24) is 5.43 Å². The Kier molecular flexibility index (Phi) is 8.08.